The lowest BCUT2D eigenvalue weighted by atomic mass is 10.3. The first kappa shape index (κ1) is 14.0. The molecule has 2 aromatic rings. The number of likely N-dealkylation sites (N-methyl/N-ethyl adjacent to an activating group) is 1. The number of piperazine rings is 1. The summed E-state index contributed by atoms with van der Waals surface area (Å²) in [6.07, 6.45) is 1.70. The van der Waals surface area contributed by atoms with E-state index in [2.05, 4.69) is 37.3 Å². The van der Waals surface area contributed by atoms with Gasteiger partial charge in [0.1, 0.15) is 0 Å². The molecular weight excluding hydrogens is 288 g/mol. The average molecular weight is 305 g/mol. The molecule has 0 amide bonds. The highest BCUT2D eigenvalue weighted by Crippen LogP contribution is 2.19. The van der Waals surface area contributed by atoms with Gasteiger partial charge in [0, 0.05) is 36.9 Å². The summed E-state index contributed by atoms with van der Waals surface area (Å²) in [5.74, 6) is 1.33. The fourth-order valence-electron chi connectivity index (χ4n) is 2.23. The Labute approximate surface area is 128 Å². The third-order valence-corrected chi connectivity index (χ3v) is 3.69. The van der Waals surface area contributed by atoms with Gasteiger partial charge >= 0.3 is 0 Å². The van der Waals surface area contributed by atoms with Crippen molar-refractivity contribution in [1.82, 2.24) is 20.1 Å². The predicted molar refractivity (Wildman–Crippen MR) is 84.3 cm³/mol. The van der Waals surface area contributed by atoms with Gasteiger partial charge in [-0.05, 0) is 25.2 Å². The van der Waals surface area contributed by atoms with E-state index in [1.54, 1.807) is 6.20 Å². The van der Waals surface area contributed by atoms with Crippen LogP contribution in [0.3, 0.4) is 0 Å². The van der Waals surface area contributed by atoms with E-state index in [4.69, 9.17) is 11.6 Å². The molecule has 110 valence electrons. The molecule has 0 bridgehead atoms. The zero-order chi connectivity index (χ0) is 14.7. The molecule has 3 rings (SSSR count). The quantitative estimate of drug-likeness (QED) is 0.936. The van der Waals surface area contributed by atoms with Crippen LogP contribution in [0.1, 0.15) is 0 Å². The van der Waals surface area contributed by atoms with Gasteiger partial charge in [-0.2, -0.15) is 10.1 Å². The minimum absolute atomic E-state index is 0.480. The normalized spacial score (nSPS) is 16.0. The molecule has 1 fully saturated rings. The second-order valence-corrected chi connectivity index (χ2v) is 5.50. The van der Waals surface area contributed by atoms with Crippen molar-refractivity contribution in [2.75, 3.05) is 43.4 Å². The summed E-state index contributed by atoms with van der Waals surface area (Å²) in [4.78, 5) is 9.05. The fourth-order valence-corrected chi connectivity index (χ4v) is 2.42. The minimum Gasteiger partial charge on any atom is -0.353 e. The van der Waals surface area contributed by atoms with E-state index in [0.717, 1.165) is 37.7 Å². The maximum atomic E-state index is 5.97. The predicted octanol–water partition coefficient (Wildman–Crippen LogP) is 2.02. The van der Waals surface area contributed by atoms with Crippen molar-refractivity contribution in [1.29, 1.82) is 0 Å². The topological polar surface area (TPSA) is 57.2 Å². The van der Waals surface area contributed by atoms with Crippen molar-refractivity contribution in [2.45, 2.75) is 0 Å². The number of nitrogens with zero attached hydrogens (tertiary/aromatic N) is 5. The van der Waals surface area contributed by atoms with Crippen molar-refractivity contribution in [3.8, 4) is 0 Å². The number of aromatic nitrogens is 3. The molecule has 0 radical (unpaired) electrons. The van der Waals surface area contributed by atoms with Gasteiger partial charge in [-0.15, -0.1) is 5.10 Å². The van der Waals surface area contributed by atoms with Crippen molar-refractivity contribution in [3.63, 3.8) is 0 Å². The Morgan fingerprint density at radius 3 is 2.76 bits per heavy atom. The third kappa shape index (κ3) is 3.59. The summed E-state index contributed by atoms with van der Waals surface area (Å²) in [6.45, 7) is 3.96. The van der Waals surface area contributed by atoms with Crippen LogP contribution in [0.5, 0.6) is 0 Å². The highest BCUT2D eigenvalue weighted by Gasteiger charge is 2.16. The summed E-state index contributed by atoms with van der Waals surface area (Å²) in [7, 11) is 2.13. The Morgan fingerprint density at radius 2 is 2.00 bits per heavy atom. The Hall–Kier alpha value is -1.92. The van der Waals surface area contributed by atoms with Crippen molar-refractivity contribution in [2.24, 2.45) is 0 Å². The lowest BCUT2D eigenvalue weighted by Crippen LogP contribution is -2.44. The van der Waals surface area contributed by atoms with Crippen LogP contribution in [0.15, 0.2) is 30.5 Å². The van der Waals surface area contributed by atoms with Crippen molar-refractivity contribution in [3.05, 3.63) is 35.5 Å². The first-order valence-electron chi connectivity index (χ1n) is 6.86. The molecule has 6 nitrogen and oxygen atoms in total. The molecule has 2 heterocycles. The molecule has 0 aliphatic carbocycles. The molecule has 7 heteroatoms. The summed E-state index contributed by atoms with van der Waals surface area (Å²) < 4.78 is 0. The van der Waals surface area contributed by atoms with Crippen LogP contribution in [0.4, 0.5) is 17.5 Å². The van der Waals surface area contributed by atoms with E-state index in [9.17, 15) is 0 Å². The summed E-state index contributed by atoms with van der Waals surface area (Å²) in [6, 6.07) is 7.44. The zero-order valence-corrected chi connectivity index (χ0v) is 12.6. The first-order chi connectivity index (χ1) is 10.2. The van der Waals surface area contributed by atoms with Crippen LogP contribution in [0.25, 0.3) is 0 Å². The number of anilines is 3. The van der Waals surface area contributed by atoms with Crippen LogP contribution >= 0.6 is 11.6 Å². The fraction of sp³-hybridized carbons (Fsp3) is 0.357. The summed E-state index contributed by atoms with van der Waals surface area (Å²) in [5.41, 5.74) is 0.847. The summed E-state index contributed by atoms with van der Waals surface area (Å²) >= 11 is 5.97. The van der Waals surface area contributed by atoms with Crippen LogP contribution in [-0.4, -0.2) is 53.3 Å². The number of rotatable bonds is 3. The minimum atomic E-state index is 0.480. The molecule has 1 N–H and O–H groups in total. The molecule has 1 aromatic heterocycles. The highest BCUT2D eigenvalue weighted by molar-refractivity contribution is 6.30. The summed E-state index contributed by atoms with van der Waals surface area (Å²) in [5, 5.41) is 11.9. The monoisotopic (exact) mass is 304 g/mol. The molecule has 1 aliphatic heterocycles. The van der Waals surface area contributed by atoms with Gasteiger partial charge in [-0.3, -0.25) is 0 Å². The van der Waals surface area contributed by atoms with Crippen LogP contribution in [0.2, 0.25) is 5.02 Å². The number of halogens is 1. The second-order valence-electron chi connectivity index (χ2n) is 5.06. The van der Waals surface area contributed by atoms with Gasteiger partial charge in [0.05, 0.1) is 6.20 Å². The van der Waals surface area contributed by atoms with Gasteiger partial charge in [0.25, 0.3) is 0 Å². The van der Waals surface area contributed by atoms with Gasteiger partial charge in [0.15, 0.2) is 5.82 Å². The maximum Gasteiger partial charge on any atom is 0.249 e. The van der Waals surface area contributed by atoms with Crippen molar-refractivity contribution < 1.29 is 0 Å². The first-order valence-corrected chi connectivity index (χ1v) is 7.24. The number of hydrogen-bond acceptors (Lipinski definition) is 6. The SMILES string of the molecule is CN1CCN(c2cnnc(Nc3cccc(Cl)c3)n2)CC1. The van der Waals surface area contributed by atoms with E-state index >= 15 is 0 Å². The molecule has 21 heavy (non-hydrogen) atoms. The van der Waals surface area contributed by atoms with E-state index in [0.29, 0.717) is 11.0 Å². The Kier molecular flexibility index (Phi) is 4.17. The number of benzene rings is 1. The maximum absolute atomic E-state index is 5.97. The van der Waals surface area contributed by atoms with E-state index < -0.39 is 0 Å². The molecule has 0 spiro atoms. The number of nitrogens with one attached hydrogen (secondary N) is 1. The molecule has 0 atom stereocenters. The Morgan fingerprint density at radius 1 is 1.19 bits per heavy atom. The largest absolute Gasteiger partial charge is 0.353 e. The third-order valence-electron chi connectivity index (χ3n) is 3.45. The lowest BCUT2D eigenvalue weighted by Gasteiger charge is -2.32. The van der Waals surface area contributed by atoms with Gasteiger partial charge < -0.3 is 15.1 Å². The standard InChI is InChI=1S/C14H17ClN6/c1-20-5-7-21(8-6-20)13-10-16-19-14(18-13)17-12-4-2-3-11(15)9-12/h2-4,9-10H,5-8H2,1H3,(H,17,18,19). The molecule has 0 saturated carbocycles. The van der Waals surface area contributed by atoms with Gasteiger partial charge in [-0.25, -0.2) is 0 Å². The zero-order valence-electron chi connectivity index (χ0n) is 11.8. The molecule has 1 saturated heterocycles. The van der Waals surface area contributed by atoms with Gasteiger partial charge in [0.2, 0.25) is 5.95 Å². The van der Waals surface area contributed by atoms with Crippen LogP contribution < -0.4 is 10.2 Å². The number of hydrogen-bond donors (Lipinski definition) is 1. The van der Waals surface area contributed by atoms with Crippen molar-refractivity contribution >= 4 is 29.1 Å². The van der Waals surface area contributed by atoms with Gasteiger partial charge in [-0.1, -0.05) is 17.7 Å². The van der Waals surface area contributed by atoms with E-state index in [-0.39, 0.29) is 0 Å². The highest BCUT2D eigenvalue weighted by atomic mass is 35.5. The average Bonchev–Trinajstić information content (AvgIpc) is 2.48. The second kappa shape index (κ2) is 6.24. The Bertz CT molecular complexity index is 612. The van der Waals surface area contributed by atoms with Crippen LogP contribution in [0, 0.1) is 0 Å². The van der Waals surface area contributed by atoms with E-state index in [1.807, 2.05) is 24.3 Å². The lowest BCUT2D eigenvalue weighted by molar-refractivity contribution is 0.312. The molecule has 1 aromatic carbocycles. The van der Waals surface area contributed by atoms with E-state index in [1.165, 1.54) is 0 Å². The molecule has 1 aliphatic rings. The van der Waals surface area contributed by atoms with Crippen LogP contribution in [-0.2, 0) is 0 Å². The smallest absolute Gasteiger partial charge is 0.249 e. The Balaban J connectivity index is 1.74. The molecule has 0 unspecified atom stereocenters. The molecular formula is C14H17ClN6.